The number of hydrogen-bond acceptors (Lipinski definition) is 6. The van der Waals surface area contributed by atoms with E-state index in [9.17, 15) is 14.4 Å². The van der Waals surface area contributed by atoms with Gasteiger partial charge in [-0.25, -0.2) is 0 Å². The van der Waals surface area contributed by atoms with E-state index < -0.39 is 6.10 Å². The van der Waals surface area contributed by atoms with Gasteiger partial charge in [-0.1, -0.05) is 295 Å². The fourth-order valence-corrected chi connectivity index (χ4v) is 9.71. The molecule has 0 fully saturated rings. The Hall–Kier alpha value is -2.37. The normalized spacial score (nSPS) is 12.2. The first-order valence-electron chi connectivity index (χ1n) is 32.5. The highest BCUT2D eigenvalue weighted by Crippen LogP contribution is 2.18. The lowest BCUT2D eigenvalue weighted by molar-refractivity contribution is -0.167. The molecule has 0 heterocycles. The summed E-state index contributed by atoms with van der Waals surface area (Å²) in [6.07, 6.45) is 76.6. The first kappa shape index (κ1) is 70.6. The molecule has 0 radical (unpaired) electrons. The van der Waals surface area contributed by atoms with Crippen molar-refractivity contribution in [3.05, 3.63) is 36.5 Å². The number of hydrogen-bond donors (Lipinski definition) is 0. The topological polar surface area (TPSA) is 78.9 Å². The molecule has 428 valence electrons. The van der Waals surface area contributed by atoms with Crippen molar-refractivity contribution in [2.75, 3.05) is 13.2 Å². The molecule has 0 aromatic carbocycles. The van der Waals surface area contributed by atoms with Crippen LogP contribution in [0, 0.1) is 0 Å². The maximum Gasteiger partial charge on any atom is 0.306 e. The van der Waals surface area contributed by atoms with Gasteiger partial charge in [0.05, 0.1) is 0 Å². The third-order valence-electron chi connectivity index (χ3n) is 14.6. The molecular formula is C67H124O6. The number of carbonyl (C=O) groups is 3. The van der Waals surface area contributed by atoms with Crippen LogP contribution in [0.25, 0.3) is 0 Å². The fraction of sp³-hybridized carbons (Fsp3) is 0.866. The lowest BCUT2D eigenvalue weighted by Crippen LogP contribution is -2.30. The maximum absolute atomic E-state index is 12.8. The SMILES string of the molecule is CCCCC/C=C\C/C=C\CCCCCCCC(=O)OC(COC(=O)CCCCCCC)COC(=O)CCCCCCCCCCCCCCCCCCCCCCCCC/C=C\CCCCCCCCCC. The van der Waals surface area contributed by atoms with Gasteiger partial charge in [0, 0.05) is 19.3 Å². The lowest BCUT2D eigenvalue weighted by atomic mass is 10.0. The Balaban J connectivity index is 3.84. The number of ether oxygens (including phenoxy) is 3. The summed E-state index contributed by atoms with van der Waals surface area (Å²) in [5.74, 6) is -0.886. The smallest absolute Gasteiger partial charge is 0.306 e. The molecule has 0 spiro atoms. The van der Waals surface area contributed by atoms with E-state index in [1.165, 1.54) is 225 Å². The summed E-state index contributed by atoms with van der Waals surface area (Å²) in [4.78, 5) is 37.8. The minimum atomic E-state index is -0.773. The zero-order chi connectivity index (χ0) is 52.9. The number of esters is 3. The van der Waals surface area contributed by atoms with E-state index >= 15 is 0 Å². The van der Waals surface area contributed by atoms with Crippen LogP contribution >= 0.6 is 0 Å². The lowest BCUT2D eigenvalue weighted by Gasteiger charge is -2.18. The molecule has 1 unspecified atom stereocenters. The predicted molar refractivity (Wildman–Crippen MR) is 316 cm³/mol. The average molecular weight is 1030 g/mol. The molecule has 73 heavy (non-hydrogen) atoms. The number of unbranched alkanes of at least 4 members (excludes halogenated alkanes) is 43. The van der Waals surface area contributed by atoms with Gasteiger partial charge < -0.3 is 14.2 Å². The highest BCUT2D eigenvalue weighted by atomic mass is 16.6. The standard InChI is InChI=1S/C67H124O6/c1-4-7-10-13-15-17-19-21-23-24-25-26-27-28-29-30-31-32-33-34-35-36-37-38-39-40-41-42-44-45-47-49-51-54-57-60-66(69)72-63-64(62-71-65(68)59-56-53-12-9-6-3)73-67(70)61-58-55-52-50-48-46-43-22-20-18-16-14-11-8-5-2/h16,18,22,24-25,43,64H,4-15,17,19-21,23,26-42,44-63H2,1-3H3/b18-16-,25-24-,43-22-. The van der Waals surface area contributed by atoms with Crippen molar-refractivity contribution >= 4 is 17.9 Å². The quantitative estimate of drug-likeness (QED) is 0.0261. The largest absolute Gasteiger partial charge is 0.462 e. The molecule has 0 aromatic rings. The summed E-state index contributed by atoms with van der Waals surface area (Å²) in [5.41, 5.74) is 0. The van der Waals surface area contributed by atoms with Gasteiger partial charge in [0.1, 0.15) is 13.2 Å². The van der Waals surface area contributed by atoms with Gasteiger partial charge in [0.2, 0.25) is 0 Å². The summed E-state index contributed by atoms with van der Waals surface area (Å²) in [7, 11) is 0. The van der Waals surface area contributed by atoms with Crippen molar-refractivity contribution in [3.63, 3.8) is 0 Å². The summed E-state index contributed by atoms with van der Waals surface area (Å²) in [6, 6.07) is 0. The Kier molecular flexibility index (Phi) is 60.2. The minimum Gasteiger partial charge on any atom is -0.462 e. The monoisotopic (exact) mass is 1020 g/mol. The number of rotatable bonds is 60. The van der Waals surface area contributed by atoms with Crippen LogP contribution in [-0.4, -0.2) is 37.2 Å². The van der Waals surface area contributed by atoms with E-state index in [1.54, 1.807) is 0 Å². The van der Waals surface area contributed by atoms with E-state index in [2.05, 4.69) is 57.2 Å². The Morgan fingerprint density at radius 1 is 0.274 bits per heavy atom. The minimum absolute atomic E-state index is 0.0744. The zero-order valence-electron chi connectivity index (χ0n) is 49.2. The molecule has 0 amide bonds. The van der Waals surface area contributed by atoms with Crippen molar-refractivity contribution in [3.8, 4) is 0 Å². The van der Waals surface area contributed by atoms with Crippen LogP contribution in [0.15, 0.2) is 36.5 Å². The van der Waals surface area contributed by atoms with Crippen molar-refractivity contribution in [1.82, 2.24) is 0 Å². The van der Waals surface area contributed by atoms with E-state index in [0.717, 1.165) is 89.9 Å². The van der Waals surface area contributed by atoms with E-state index in [-0.39, 0.29) is 31.1 Å². The van der Waals surface area contributed by atoms with E-state index in [4.69, 9.17) is 14.2 Å². The average Bonchev–Trinajstić information content (AvgIpc) is 3.39. The second kappa shape index (κ2) is 62.2. The molecule has 6 heteroatoms. The second-order valence-corrected chi connectivity index (χ2v) is 22.0. The highest BCUT2D eigenvalue weighted by Gasteiger charge is 2.19. The summed E-state index contributed by atoms with van der Waals surface area (Å²) >= 11 is 0. The van der Waals surface area contributed by atoms with Gasteiger partial charge in [-0.2, -0.15) is 0 Å². The Labute approximate surface area is 455 Å². The van der Waals surface area contributed by atoms with Gasteiger partial charge in [-0.3, -0.25) is 14.4 Å². The molecule has 1 atom stereocenters. The van der Waals surface area contributed by atoms with Gasteiger partial charge in [-0.05, 0) is 77.0 Å². The summed E-state index contributed by atoms with van der Waals surface area (Å²) < 4.78 is 16.7. The van der Waals surface area contributed by atoms with Crippen LogP contribution in [0.3, 0.4) is 0 Å². The van der Waals surface area contributed by atoms with Crippen LogP contribution in [0.1, 0.15) is 355 Å². The molecule has 0 saturated carbocycles. The van der Waals surface area contributed by atoms with Gasteiger partial charge in [0.25, 0.3) is 0 Å². The van der Waals surface area contributed by atoms with Gasteiger partial charge in [0.15, 0.2) is 6.10 Å². The number of allylic oxidation sites excluding steroid dienone is 6. The van der Waals surface area contributed by atoms with Crippen LogP contribution in [0.5, 0.6) is 0 Å². The molecular weight excluding hydrogens is 901 g/mol. The third kappa shape index (κ3) is 60.4. The maximum atomic E-state index is 12.8. The Bertz CT molecular complexity index is 1220. The molecule has 0 saturated heterocycles. The van der Waals surface area contributed by atoms with Gasteiger partial charge in [-0.15, -0.1) is 0 Å². The first-order chi connectivity index (χ1) is 36.0. The fourth-order valence-electron chi connectivity index (χ4n) is 9.71. The van der Waals surface area contributed by atoms with Crippen molar-refractivity contribution < 1.29 is 28.6 Å². The van der Waals surface area contributed by atoms with E-state index in [0.29, 0.717) is 19.3 Å². The van der Waals surface area contributed by atoms with Crippen LogP contribution in [-0.2, 0) is 28.6 Å². The summed E-state index contributed by atoms with van der Waals surface area (Å²) in [5, 5.41) is 0. The predicted octanol–water partition coefficient (Wildman–Crippen LogP) is 22.0. The number of carbonyl (C=O) groups excluding carboxylic acids is 3. The molecule has 0 aromatic heterocycles. The molecule has 0 N–H and O–H groups in total. The van der Waals surface area contributed by atoms with Crippen molar-refractivity contribution in [2.24, 2.45) is 0 Å². The van der Waals surface area contributed by atoms with Crippen molar-refractivity contribution in [2.45, 2.75) is 361 Å². The molecule has 0 aliphatic carbocycles. The van der Waals surface area contributed by atoms with Crippen LogP contribution < -0.4 is 0 Å². The zero-order valence-corrected chi connectivity index (χ0v) is 49.2. The summed E-state index contributed by atoms with van der Waals surface area (Å²) in [6.45, 7) is 6.56. The van der Waals surface area contributed by atoms with Gasteiger partial charge >= 0.3 is 17.9 Å². The molecule has 0 rings (SSSR count). The van der Waals surface area contributed by atoms with Crippen LogP contribution in [0.4, 0.5) is 0 Å². The van der Waals surface area contributed by atoms with E-state index in [1.807, 2.05) is 0 Å². The highest BCUT2D eigenvalue weighted by molar-refractivity contribution is 5.71. The third-order valence-corrected chi connectivity index (χ3v) is 14.6. The second-order valence-electron chi connectivity index (χ2n) is 22.0. The molecule has 0 bridgehead atoms. The molecule has 6 nitrogen and oxygen atoms in total. The Morgan fingerprint density at radius 3 is 0.795 bits per heavy atom. The first-order valence-corrected chi connectivity index (χ1v) is 32.5. The molecule has 0 aliphatic heterocycles. The van der Waals surface area contributed by atoms with Crippen LogP contribution in [0.2, 0.25) is 0 Å². The molecule has 0 aliphatic rings. The van der Waals surface area contributed by atoms with Crippen molar-refractivity contribution in [1.29, 1.82) is 0 Å². The Morgan fingerprint density at radius 2 is 0.493 bits per heavy atom.